The Morgan fingerprint density at radius 2 is 2.14 bits per heavy atom. The van der Waals surface area contributed by atoms with Gasteiger partial charge in [-0.3, -0.25) is 4.90 Å². The summed E-state index contributed by atoms with van der Waals surface area (Å²) in [6.45, 7) is 1.90. The van der Waals surface area contributed by atoms with Crippen molar-refractivity contribution < 1.29 is 4.48 Å². The van der Waals surface area contributed by atoms with Gasteiger partial charge in [-0.2, -0.15) is 0 Å². The predicted molar refractivity (Wildman–Crippen MR) is 25.3 cm³/mol. The largest absolute Gasteiger partial charge is 0.290 e. The summed E-state index contributed by atoms with van der Waals surface area (Å²) >= 11 is 0. The van der Waals surface area contributed by atoms with Crippen molar-refractivity contribution in [3.8, 4) is 0 Å². The van der Waals surface area contributed by atoms with Crippen molar-refractivity contribution in [1.82, 2.24) is 10.0 Å². The fourth-order valence-electron chi connectivity index (χ4n) is 0.683. The van der Waals surface area contributed by atoms with E-state index in [2.05, 4.69) is 0 Å². The molecule has 3 heteroatoms. The molecule has 0 atom stereocenters. The first-order valence-electron chi connectivity index (χ1n) is 2.38. The molecule has 0 aliphatic carbocycles. The Morgan fingerprint density at radius 3 is 2.29 bits per heavy atom. The molecule has 0 aromatic heterocycles. The molecule has 0 bridgehead atoms. The third kappa shape index (κ3) is 1.11. The van der Waals surface area contributed by atoms with Gasteiger partial charge in [-0.15, -0.1) is 9.60 Å². The fourth-order valence-corrected chi connectivity index (χ4v) is 0.683. The van der Waals surface area contributed by atoms with Gasteiger partial charge in [-0.1, -0.05) is 0 Å². The SMILES string of the molecule is CN1CCN(F)C1. The Labute approximate surface area is 42.4 Å². The summed E-state index contributed by atoms with van der Waals surface area (Å²) in [4.78, 5) is 1.93. The molecule has 1 heterocycles. The fraction of sp³-hybridized carbons (Fsp3) is 1.00. The zero-order chi connectivity index (χ0) is 5.28. The molecule has 0 radical (unpaired) electrons. The van der Waals surface area contributed by atoms with Crippen molar-refractivity contribution in [1.29, 1.82) is 0 Å². The van der Waals surface area contributed by atoms with Gasteiger partial charge in [0, 0.05) is 13.1 Å². The lowest BCUT2D eigenvalue weighted by molar-refractivity contribution is 0.0396. The monoisotopic (exact) mass is 104 g/mol. The quantitative estimate of drug-likeness (QED) is 0.401. The number of nitrogens with zero attached hydrogens (tertiary/aromatic N) is 2. The van der Waals surface area contributed by atoms with Crippen LogP contribution in [0.5, 0.6) is 0 Å². The second-order valence-corrected chi connectivity index (χ2v) is 1.91. The Kier molecular flexibility index (Phi) is 1.25. The van der Waals surface area contributed by atoms with Gasteiger partial charge < -0.3 is 0 Å². The average molecular weight is 104 g/mol. The van der Waals surface area contributed by atoms with Crippen molar-refractivity contribution in [2.24, 2.45) is 0 Å². The van der Waals surface area contributed by atoms with Crippen LogP contribution < -0.4 is 0 Å². The molecule has 0 amide bonds. The van der Waals surface area contributed by atoms with Gasteiger partial charge in [0.2, 0.25) is 0 Å². The maximum atomic E-state index is 12.0. The highest BCUT2D eigenvalue weighted by Crippen LogP contribution is 1.99. The van der Waals surface area contributed by atoms with Gasteiger partial charge in [0.05, 0.1) is 6.67 Å². The van der Waals surface area contributed by atoms with Gasteiger partial charge in [0.25, 0.3) is 0 Å². The third-order valence-corrected chi connectivity index (χ3v) is 1.12. The molecule has 0 spiro atoms. The zero-order valence-electron chi connectivity index (χ0n) is 4.39. The lowest BCUT2D eigenvalue weighted by Crippen LogP contribution is -2.15. The van der Waals surface area contributed by atoms with Crippen molar-refractivity contribution in [2.45, 2.75) is 0 Å². The minimum absolute atomic E-state index is 0.472. The molecule has 1 aliphatic heterocycles. The van der Waals surface area contributed by atoms with Crippen LogP contribution in [0.3, 0.4) is 0 Å². The molecule has 0 N–H and O–H groups in total. The molecule has 42 valence electrons. The van der Waals surface area contributed by atoms with E-state index < -0.39 is 0 Å². The average Bonchev–Trinajstić information content (AvgIpc) is 1.87. The smallest absolute Gasteiger partial charge is 0.0805 e. The van der Waals surface area contributed by atoms with Crippen LogP contribution in [0.2, 0.25) is 0 Å². The Balaban J connectivity index is 2.26. The van der Waals surface area contributed by atoms with E-state index in [0.29, 0.717) is 13.2 Å². The van der Waals surface area contributed by atoms with Crippen LogP contribution in [0.4, 0.5) is 4.48 Å². The summed E-state index contributed by atoms with van der Waals surface area (Å²) in [5, 5.41) is 0.806. The zero-order valence-corrected chi connectivity index (χ0v) is 4.39. The number of rotatable bonds is 0. The van der Waals surface area contributed by atoms with Crippen LogP contribution in [-0.4, -0.2) is 36.8 Å². The second kappa shape index (κ2) is 1.76. The minimum Gasteiger partial charge on any atom is -0.290 e. The summed E-state index contributed by atoms with van der Waals surface area (Å²) in [6.07, 6.45) is 0. The number of hydrogen-bond acceptors (Lipinski definition) is 2. The maximum Gasteiger partial charge on any atom is 0.0805 e. The lowest BCUT2D eigenvalue weighted by atomic mass is 10.7. The first kappa shape index (κ1) is 5.00. The Morgan fingerprint density at radius 1 is 1.43 bits per heavy atom. The number of hydrogen-bond donors (Lipinski definition) is 0. The molecule has 0 unspecified atom stereocenters. The van der Waals surface area contributed by atoms with Crippen LogP contribution in [0.25, 0.3) is 0 Å². The van der Waals surface area contributed by atoms with Crippen molar-refractivity contribution >= 4 is 0 Å². The van der Waals surface area contributed by atoms with Gasteiger partial charge in [0.15, 0.2) is 0 Å². The van der Waals surface area contributed by atoms with Crippen molar-refractivity contribution in [2.75, 3.05) is 26.8 Å². The minimum atomic E-state index is 0.472. The van der Waals surface area contributed by atoms with E-state index in [-0.39, 0.29) is 0 Å². The molecule has 2 nitrogen and oxygen atoms in total. The summed E-state index contributed by atoms with van der Waals surface area (Å²) < 4.78 is 12.0. The normalized spacial score (nSPS) is 26.6. The first-order chi connectivity index (χ1) is 3.29. The van der Waals surface area contributed by atoms with Crippen LogP contribution in [-0.2, 0) is 0 Å². The van der Waals surface area contributed by atoms with Crippen LogP contribution in [0, 0.1) is 0 Å². The topological polar surface area (TPSA) is 6.48 Å². The molecule has 0 saturated carbocycles. The molecular formula is C4H9FN2. The highest BCUT2D eigenvalue weighted by Gasteiger charge is 2.13. The number of halogens is 1. The molecule has 1 saturated heterocycles. The van der Waals surface area contributed by atoms with E-state index in [1.54, 1.807) is 0 Å². The highest BCUT2D eigenvalue weighted by molar-refractivity contribution is 4.58. The van der Waals surface area contributed by atoms with Gasteiger partial charge in [-0.25, -0.2) is 0 Å². The first-order valence-corrected chi connectivity index (χ1v) is 2.38. The summed E-state index contributed by atoms with van der Waals surface area (Å²) in [5.74, 6) is 0. The summed E-state index contributed by atoms with van der Waals surface area (Å²) in [7, 11) is 1.90. The summed E-state index contributed by atoms with van der Waals surface area (Å²) in [6, 6.07) is 0. The molecule has 0 aromatic rings. The van der Waals surface area contributed by atoms with E-state index in [9.17, 15) is 4.48 Å². The van der Waals surface area contributed by atoms with E-state index >= 15 is 0 Å². The van der Waals surface area contributed by atoms with Crippen LogP contribution >= 0.6 is 0 Å². The maximum absolute atomic E-state index is 12.0. The van der Waals surface area contributed by atoms with Crippen LogP contribution in [0.15, 0.2) is 0 Å². The van der Waals surface area contributed by atoms with Gasteiger partial charge in [-0.05, 0) is 7.05 Å². The molecule has 1 aliphatic rings. The number of likely N-dealkylation sites (N-methyl/N-ethyl adjacent to an activating group) is 1. The highest BCUT2D eigenvalue weighted by atomic mass is 19.2. The predicted octanol–water partition coefficient (Wildman–Crippen LogP) is 0.0758. The Bertz CT molecular complexity index is 58.7. The molecular weight excluding hydrogens is 95.1 g/mol. The molecule has 0 aromatic carbocycles. The van der Waals surface area contributed by atoms with E-state index in [0.717, 1.165) is 11.7 Å². The van der Waals surface area contributed by atoms with E-state index in [4.69, 9.17) is 0 Å². The molecule has 7 heavy (non-hydrogen) atoms. The van der Waals surface area contributed by atoms with Crippen LogP contribution in [0.1, 0.15) is 0 Å². The standard InChI is InChI=1S/C4H9FN2/c1-6-2-3-7(5)4-6/h2-4H2,1H3. The second-order valence-electron chi connectivity index (χ2n) is 1.91. The van der Waals surface area contributed by atoms with Crippen molar-refractivity contribution in [3.05, 3.63) is 0 Å². The van der Waals surface area contributed by atoms with Gasteiger partial charge in [0.1, 0.15) is 0 Å². The Hall–Kier alpha value is -0.150. The lowest BCUT2D eigenvalue weighted by Gasteiger charge is -2.02. The third-order valence-electron chi connectivity index (χ3n) is 1.12. The van der Waals surface area contributed by atoms with E-state index in [1.165, 1.54) is 0 Å². The van der Waals surface area contributed by atoms with Gasteiger partial charge >= 0.3 is 0 Å². The molecule has 1 rings (SSSR count). The van der Waals surface area contributed by atoms with E-state index in [1.807, 2.05) is 11.9 Å². The van der Waals surface area contributed by atoms with Crippen molar-refractivity contribution in [3.63, 3.8) is 0 Å². The molecule has 1 fully saturated rings. The summed E-state index contributed by atoms with van der Waals surface area (Å²) in [5.41, 5.74) is 0.